The molecule has 0 radical (unpaired) electrons. The molecule has 2 aromatic rings. The van der Waals surface area contributed by atoms with E-state index in [1.807, 2.05) is 0 Å². The molecule has 21 heavy (non-hydrogen) atoms. The van der Waals surface area contributed by atoms with E-state index in [-0.39, 0.29) is 17.1 Å². The molecule has 108 valence electrons. The number of aromatic hydroxyl groups is 1. The van der Waals surface area contributed by atoms with E-state index in [1.165, 1.54) is 25.1 Å². The number of hydrogen-bond acceptors (Lipinski definition) is 5. The highest BCUT2D eigenvalue weighted by Gasteiger charge is 2.15. The molecule has 1 aromatic heterocycles. The Morgan fingerprint density at radius 3 is 2.76 bits per heavy atom. The summed E-state index contributed by atoms with van der Waals surface area (Å²) in [6.07, 6.45) is 2.74. The van der Waals surface area contributed by atoms with Gasteiger partial charge in [0.15, 0.2) is 5.78 Å². The van der Waals surface area contributed by atoms with Gasteiger partial charge in [0.25, 0.3) is 0 Å². The van der Waals surface area contributed by atoms with Crippen LogP contribution in [0.3, 0.4) is 0 Å². The molecule has 0 bridgehead atoms. The SMILES string of the molecule is COc1cccc(C=CC(=O)c2c(O)cc(C)oc2=O)c1. The molecule has 0 saturated carbocycles. The number of ether oxygens (including phenoxy) is 1. The molecule has 1 aromatic carbocycles. The lowest BCUT2D eigenvalue weighted by Gasteiger charge is -2.01. The average molecular weight is 286 g/mol. The third kappa shape index (κ3) is 3.39. The normalized spacial score (nSPS) is 10.8. The summed E-state index contributed by atoms with van der Waals surface area (Å²) in [7, 11) is 1.55. The molecule has 0 atom stereocenters. The molecule has 0 aliphatic carbocycles. The van der Waals surface area contributed by atoms with Crippen LogP contribution in [-0.4, -0.2) is 18.0 Å². The van der Waals surface area contributed by atoms with E-state index in [9.17, 15) is 14.7 Å². The number of carbonyl (C=O) groups is 1. The molecule has 2 rings (SSSR count). The van der Waals surface area contributed by atoms with Crippen molar-refractivity contribution < 1.29 is 19.1 Å². The van der Waals surface area contributed by atoms with Gasteiger partial charge in [-0.05, 0) is 30.7 Å². The predicted octanol–water partition coefficient (Wildman–Crippen LogP) is 2.56. The van der Waals surface area contributed by atoms with Crippen molar-refractivity contribution >= 4 is 11.9 Å². The zero-order chi connectivity index (χ0) is 15.4. The minimum atomic E-state index is -0.854. The van der Waals surface area contributed by atoms with Crippen molar-refractivity contribution in [3.63, 3.8) is 0 Å². The van der Waals surface area contributed by atoms with E-state index < -0.39 is 11.4 Å². The molecule has 0 aliphatic rings. The van der Waals surface area contributed by atoms with Crippen LogP contribution in [0.25, 0.3) is 6.08 Å². The quantitative estimate of drug-likeness (QED) is 0.690. The Kier molecular flexibility index (Phi) is 4.23. The number of rotatable bonds is 4. The summed E-state index contributed by atoms with van der Waals surface area (Å²) in [4.78, 5) is 23.6. The number of hydrogen-bond donors (Lipinski definition) is 1. The first-order valence-corrected chi connectivity index (χ1v) is 6.21. The van der Waals surface area contributed by atoms with Crippen LogP contribution in [0, 0.1) is 6.92 Å². The summed E-state index contributed by atoms with van der Waals surface area (Å²) in [5.41, 5.74) is -0.494. The van der Waals surface area contributed by atoms with Crippen LogP contribution in [-0.2, 0) is 0 Å². The van der Waals surface area contributed by atoms with Gasteiger partial charge in [-0.2, -0.15) is 0 Å². The molecule has 0 aliphatic heterocycles. The summed E-state index contributed by atoms with van der Waals surface area (Å²) >= 11 is 0. The highest BCUT2D eigenvalue weighted by atomic mass is 16.5. The Morgan fingerprint density at radius 2 is 2.10 bits per heavy atom. The number of benzene rings is 1. The molecule has 0 unspecified atom stereocenters. The lowest BCUT2D eigenvalue weighted by molar-refractivity contribution is 0.104. The number of methoxy groups -OCH3 is 1. The van der Waals surface area contributed by atoms with Gasteiger partial charge in [-0.3, -0.25) is 4.79 Å². The number of aryl methyl sites for hydroxylation is 1. The van der Waals surface area contributed by atoms with Gasteiger partial charge in [-0.15, -0.1) is 0 Å². The van der Waals surface area contributed by atoms with E-state index in [2.05, 4.69) is 0 Å². The van der Waals surface area contributed by atoms with E-state index in [1.54, 1.807) is 31.4 Å². The molecular weight excluding hydrogens is 272 g/mol. The molecule has 1 N–H and O–H groups in total. The predicted molar refractivity (Wildman–Crippen MR) is 77.7 cm³/mol. The maximum Gasteiger partial charge on any atom is 0.351 e. The topological polar surface area (TPSA) is 76.7 Å². The van der Waals surface area contributed by atoms with Gasteiger partial charge in [0, 0.05) is 6.07 Å². The molecule has 0 saturated heterocycles. The first-order chi connectivity index (χ1) is 10.0. The second-order valence-corrected chi connectivity index (χ2v) is 4.38. The summed E-state index contributed by atoms with van der Waals surface area (Å²) in [5, 5.41) is 9.69. The largest absolute Gasteiger partial charge is 0.507 e. The van der Waals surface area contributed by atoms with Crippen LogP contribution in [0.5, 0.6) is 11.5 Å². The third-order valence-electron chi connectivity index (χ3n) is 2.82. The third-order valence-corrected chi connectivity index (χ3v) is 2.82. The highest BCUT2D eigenvalue weighted by molar-refractivity contribution is 6.08. The van der Waals surface area contributed by atoms with Gasteiger partial charge in [0.2, 0.25) is 0 Å². The summed E-state index contributed by atoms with van der Waals surface area (Å²) in [6.45, 7) is 1.52. The Bertz CT molecular complexity index is 756. The maximum absolute atomic E-state index is 12.0. The Balaban J connectivity index is 2.29. The number of allylic oxidation sites excluding steroid dienone is 1. The molecule has 5 nitrogen and oxygen atoms in total. The zero-order valence-corrected chi connectivity index (χ0v) is 11.6. The minimum absolute atomic E-state index is 0.242. The Morgan fingerprint density at radius 1 is 1.33 bits per heavy atom. The fourth-order valence-corrected chi connectivity index (χ4v) is 1.82. The lowest BCUT2D eigenvalue weighted by Crippen LogP contribution is -2.12. The molecule has 0 spiro atoms. The van der Waals surface area contributed by atoms with Crippen molar-refractivity contribution in [1.82, 2.24) is 0 Å². The summed E-state index contributed by atoms with van der Waals surface area (Å²) < 4.78 is 9.88. The standard InChI is InChI=1S/C16H14O5/c1-10-8-14(18)15(16(19)21-10)13(17)7-6-11-4-3-5-12(9-11)20-2/h3-9,18H,1-2H3. The van der Waals surface area contributed by atoms with Crippen LogP contribution in [0.4, 0.5) is 0 Å². The van der Waals surface area contributed by atoms with Crippen LogP contribution in [0.15, 0.2) is 45.6 Å². The van der Waals surface area contributed by atoms with E-state index in [4.69, 9.17) is 9.15 Å². The van der Waals surface area contributed by atoms with E-state index in [0.717, 1.165) is 5.56 Å². The van der Waals surface area contributed by atoms with Crippen molar-refractivity contribution in [2.45, 2.75) is 6.92 Å². The van der Waals surface area contributed by atoms with Crippen LogP contribution in [0.1, 0.15) is 21.7 Å². The molecule has 5 heteroatoms. The average Bonchev–Trinajstić information content (AvgIpc) is 2.44. The Hall–Kier alpha value is -2.82. The van der Waals surface area contributed by atoms with E-state index >= 15 is 0 Å². The van der Waals surface area contributed by atoms with Crippen LogP contribution < -0.4 is 10.4 Å². The van der Waals surface area contributed by atoms with Gasteiger partial charge >= 0.3 is 5.63 Å². The van der Waals surface area contributed by atoms with Gasteiger partial charge in [-0.1, -0.05) is 18.2 Å². The summed E-state index contributed by atoms with van der Waals surface area (Å²) in [5.74, 6) is -0.110. The number of ketones is 1. The first kappa shape index (κ1) is 14.6. The summed E-state index contributed by atoms with van der Waals surface area (Å²) in [6, 6.07) is 8.30. The van der Waals surface area contributed by atoms with Crippen molar-refractivity contribution in [3.05, 3.63) is 63.7 Å². The van der Waals surface area contributed by atoms with Gasteiger partial charge in [-0.25, -0.2) is 4.79 Å². The highest BCUT2D eigenvalue weighted by Crippen LogP contribution is 2.17. The van der Waals surface area contributed by atoms with Crippen LogP contribution in [0.2, 0.25) is 0 Å². The van der Waals surface area contributed by atoms with E-state index in [0.29, 0.717) is 5.75 Å². The number of carbonyl (C=O) groups excluding carboxylic acids is 1. The van der Waals surface area contributed by atoms with Gasteiger partial charge in [0.1, 0.15) is 22.8 Å². The van der Waals surface area contributed by atoms with Crippen molar-refractivity contribution in [3.8, 4) is 11.5 Å². The first-order valence-electron chi connectivity index (χ1n) is 6.21. The fourth-order valence-electron chi connectivity index (χ4n) is 1.82. The fraction of sp³-hybridized carbons (Fsp3) is 0.125. The van der Waals surface area contributed by atoms with Crippen molar-refractivity contribution in [2.24, 2.45) is 0 Å². The van der Waals surface area contributed by atoms with Crippen molar-refractivity contribution in [1.29, 1.82) is 0 Å². The van der Waals surface area contributed by atoms with Crippen LogP contribution >= 0.6 is 0 Å². The zero-order valence-electron chi connectivity index (χ0n) is 11.6. The Labute approximate surface area is 121 Å². The maximum atomic E-state index is 12.0. The van der Waals surface area contributed by atoms with Crippen molar-refractivity contribution in [2.75, 3.05) is 7.11 Å². The lowest BCUT2D eigenvalue weighted by atomic mass is 10.1. The second-order valence-electron chi connectivity index (χ2n) is 4.38. The smallest absolute Gasteiger partial charge is 0.351 e. The molecule has 1 heterocycles. The van der Waals surface area contributed by atoms with Gasteiger partial charge in [0.05, 0.1) is 7.11 Å². The molecule has 0 amide bonds. The molecular formula is C16H14O5. The minimum Gasteiger partial charge on any atom is -0.507 e. The second kappa shape index (κ2) is 6.09. The van der Waals surface area contributed by atoms with Gasteiger partial charge < -0.3 is 14.3 Å². The molecule has 0 fully saturated rings. The monoisotopic (exact) mass is 286 g/mol.